The maximum absolute atomic E-state index is 7.34. The van der Waals surface area contributed by atoms with E-state index in [1.54, 1.807) is 7.11 Å². The number of allylic oxidation sites excluding steroid dienone is 2. The van der Waals surface area contributed by atoms with Crippen molar-refractivity contribution in [2.45, 2.75) is 52.0 Å². The molecule has 2 aromatic carbocycles. The number of rotatable bonds is 8. The molecule has 40 heavy (non-hydrogen) atoms. The molecule has 1 fully saturated rings. The van der Waals surface area contributed by atoms with E-state index in [1.165, 1.54) is 17.0 Å². The van der Waals surface area contributed by atoms with E-state index >= 15 is 0 Å². The molecule has 5 nitrogen and oxygen atoms in total. The summed E-state index contributed by atoms with van der Waals surface area (Å²) < 4.78 is 12.9. The molecule has 3 aliphatic rings. The first-order valence-corrected chi connectivity index (χ1v) is 14.5. The second-order valence-electron chi connectivity index (χ2n) is 11.3. The molecule has 5 heteroatoms. The minimum atomic E-state index is -0.740. The number of hydrogen-bond donors (Lipinski definition) is 1. The first kappa shape index (κ1) is 28.1. The van der Waals surface area contributed by atoms with Gasteiger partial charge in [0.05, 0.1) is 7.11 Å². The number of fused-ring (bicyclic) bond motifs is 1. The Morgan fingerprint density at radius 1 is 1.00 bits per heavy atom. The van der Waals surface area contributed by atoms with Gasteiger partial charge in [-0.3, -0.25) is 5.32 Å². The van der Waals surface area contributed by atoms with Gasteiger partial charge in [0.1, 0.15) is 17.6 Å². The molecule has 2 aliphatic carbocycles. The standard InChI is InChI=1S/C35H43N3O2/c1-8-38(9-2)29-18-14-27(15-19-29)35(28-16-20-30(39-7)21-17-28)31-22-25(4)33(37(5)6)23-32(31)36-34(40-35)26-12-10-24(3)11-13-26/h12,14-24,31-32,34,36H,8-10H2,1-7H3. The van der Waals surface area contributed by atoms with Crippen LogP contribution in [0.4, 0.5) is 5.69 Å². The Morgan fingerprint density at radius 2 is 1.65 bits per heavy atom. The zero-order valence-corrected chi connectivity index (χ0v) is 25.0. The average Bonchev–Trinajstić information content (AvgIpc) is 2.98. The van der Waals surface area contributed by atoms with Crippen LogP contribution in [0.25, 0.3) is 0 Å². The topological polar surface area (TPSA) is 37.0 Å². The van der Waals surface area contributed by atoms with E-state index in [1.807, 2.05) is 12.1 Å². The lowest BCUT2D eigenvalue weighted by atomic mass is 9.68. The molecule has 1 saturated heterocycles. The summed E-state index contributed by atoms with van der Waals surface area (Å²) in [5, 5.41) is 3.84. The van der Waals surface area contributed by atoms with Crippen LogP contribution in [-0.4, -0.2) is 51.5 Å². The number of benzene rings is 2. The number of hydrogen-bond acceptors (Lipinski definition) is 5. The van der Waals surface area contributed by atoms with Gasteiger partial charge in [-0.05, 0) is 74.2 Å². The minimum Gasteiger partial charge on any atom is -0.497 e. The molecule has 1 N–H and O–H groups in total. The molecule has 1 aliphatic heterocycles. The predicted molar refractivity (Wildman–Crippen MR) is 164 cm³/mol. The Balaban J connectivity index is 1.71. The van der Waals surface area contributed by atoms with Gasteiger partial charge in [-0.15, -0.1) is 0 Å². The van der Waals surface area contributed by atoms with Crippen molar-refractivity contribution in [1.29, 1.82) is 0 Å². The second-order valence-corrected chi connectivity index (χ2v) is 11.3. The van der Waals surface area contributed by atoms with Gasteiger partial charge in [-0.25, -0.2) is 0 Å². The number of likely N-dealkylation sites (N-methyl/N-ethyl adjacent to an activating group) is 1. The van der Waals surface area contributed by atoms with Gasteiger partial charge in [-0.1, -0.05) is 55.2 Å². The van der Waals surface area contributed by atoms with Gasteiger partial charge in [0.25, 0.3) is 0 Å². The summed E-state index contributed by atoms with van der Waals surface area (Å²) in [6, 6.07) is 17.4. The van der Waals surface area contributed by atoms with Crippen LogP contribution in [0.15, 0.2) is 83.6 Å². The Bertz CT molecular complexity index is 1360. The monoisotopic (exact) mass is 537 g/mol. The summed E-state index contributed by atoms with van der Waals surface area (Å²) in [5.74, 6) is 8.04. The van der Waals surface area contributed by atoms with Gasteiger partial charge in [0.2, 0.25) is 0 Å². The number of nitrogens with one attached hydrogen (secondary N) is 1. The fraction of sp³-hybridized carbons (Fsp3) is 0.429. The predicted octanol–water partition coefficient (Wildman–Crippen LogP) is 6.09. The van der Waals surface area contributed by atoms with Crippen LogP contribution < -0.4 is 15.0 Å². The van der Waals surface area contributed by atoms with Crippen LogP contribution in [0.3, 0.4) is 0 Å². The molecule has 5 unspecified atom stereocenters. The SMILES string of the molecule is CCN(CC)c1ccc(C2(c3ccc(OC)cc3)OC(C3=CCC(C)C#C3)NC3C=C(N(C)C)C(C)=CC32)cc1. The molecule has 5 atom stereocenters. The molecule has 0 spiro atoms. The molecule has 0 bridgehead atoms. The van der Waals surface area contributed by atoms with Crippen molar-refractivity contribution in [2.24, 2.45) is 11.8 Å². The van der Waals surface area contributed by atoms with E-state index in [2.05, 4.69) is 123 Å². The summed E-state index contributed by atoms with van der Waals surface area (Å²) in [4.78, 5) is 4.57. The molecule has 0 amide bonds. The van der Waals surface area contributed by atoms with E-state index < -0.39 is 5.60 Å². The Hall–Kier alpha value is -3.46. The molecule has 0 aromatic heterocycles. The van der Waals surface area contributed by atoms with Gasteiger partial charge >= 0.3 is 0 Å². The van der Waals surface area contributed by atoms with Crippen molar-refractivity contribution in [3.63, 3.8) is 0 Å². The lowest BCUT2D eigenvalue weighted by Crippen LogP contribution is -2.61. The van der Waals surface area contributed by atoms with Crippen molar-refractivity contribution < 1.29 is 9.47 Å². The normalized spacial score (nSPS) is 27.3. The highest BCUT2D eigenvalue weighted by molar-refractivity contribution is 5.53. The molecular formula is C35H43N3O2. The Morgan fingerprint density at radius 3 is 2.20 bits per heavy atom. The van der Waals surface area contributed by atoms with E-state index in [4.69, 9.17) is 9.47 Å². The third-order valence-electron chi connectivity index (χ3n) is 8.54. The molecule has 210 valence electrons. The van der Waals surface area contributed by atoms with Gasteiger partial charge in [0, 0.05) is 62.0 Å². The van der Waals surface area contributed by atoms with Crippen LogP contribution >= 0.6 is 0 Å². The van der Waals surface area contributed by atoms with Crippen molar-refractivity contribution in [3.8, 4) is 17.6 Å². The second kappa shape index (κ2) is 11.6. The number of anilines is 1. The fourth-order valence-corrected chi connectivity index (χ4v) is 6.34. The van der Waals surface area contributed by atoms with Crippen molar-refractivity contribution >= 4 is 5.69 Å². The summed E-state index contributed by atoms with van der Waals surface area (Å²) in [7, 11) is 5.93. The largest absolute Gasteiger partial charge is 0.497 e. The maximum atomic E-state index is 7.34. The molecule has 1 heterocycles. The zero-order chi connectivity index (χ0) is 28.4. The first-order valence-electron chi connectivity index (χ1n) is 14.5. The van der Waals surface area contributed by atoms with Crippen LogP contribution in [0.2, 0.25) is 0 Å². The summed E-state index contributed by atoms with van der Waals surface area (Å²) >= 11 is 0. The van der Waals surface area contributed by atoms with Crippen LogP contribution in [0, 0.1) is 23.7 Å². The van der Waals surface area contributed by atoms with E-state index in [0.29, 0.717) is 5.92 Å². The smallest absolute Gasteiger partial charge is 0.144 e. The number of nitrogens with zero attached hydrogens (tertiary/aromatic N) is 2. The van der Waals surface area contributed by atoms with Crippen LogP contribution in [0.5, 0.6) is 5.75 Å². The van der Waals surface area contributed by atoms with Crippen LogP contribution in [-0.2, 0) is 10.3 Å². The van der Waals surface area contributed by atoms with Crippen LogP contribution in [0.1, 0.15) is 45.2 Å². The van der Waals surface area contributed by atoms with E-state index in [-0.39, 0.29) is 18.2 Å². The summed E-state index contributed by atoms with van der Waals surface area (Å²) in [6.45, 7) is 10.7. The Kier molecular flexibility index (Phi) is 8.12. The van der Waals surface area contributed by atoms with Gasteiger partial charge in [0.15, 0.2) is 0 Å². The van der Waals surface area contributed by atoms with Crippen molar-refractivity contribution in [3.05, 3.63) is 94.7 Å². The quantitative estimate of drug-likeness (QED) is 0.413. The van der Waals surface area contributed by atoms with Gasteiger partial charge in [-0.2, -0.15) is 0 Å². The van der Waals surface area contributed by atoms with Gasteiger partial charge < -0.3 is 19.3 Å². The molecular weight excluding hydrogens is 494 g/mol. The lowest BCUT2D eigenvalue weighted by Gasteiger charge is -2.52. The van der Waals surface area contributed by atoms with Crippen molar-refractivity contribution in [1.82, 2.24) is 10.2 Å². The maximum Gasteiger partial charge on any atom is 0.144 e. The van der Waals surface area contributed by atoms with Crippen molar-refractivity contribution in [2.75, 3.05) is 39.2 Å². The summed E-state index contributed by atoms with van der Waals surface area (Å²) in [6.07, 6.45) is 7.62. The molecule has 5 rings (SSSR count). The molecule has 0 radical (unpaired) electrons. The first-order chi connectivity index (χ1) is 19.3. The average molecular weight is 538 g/mol. The summed E-state index contributed by atoms with van der Waals surface area (Å²) in [5.41, 5.74) is 6.22. The highest BCUT2D eigenvalue weighted by Gasteiger charge is 2.52. The molecule has 2 aromatic rings. The molecule has 0 saturated carbocycles. The third kappa shape index (κ3) is 5.07. The minimum absolute atomic E-state index is 0.0243. The highest BCUT2D eigenvalue weighted by atomic mass is 16.5. The fourth-order valence-electron chi connectivity index (χ4n) is 6.34. The van der Waals surface area contributed by atoms with E-state index in [0.717, 1.165) is 42.0 Å². The number of ether oxygens (including phenoxy) is 2. The third-order valence-corrected chi connectivity index (χ3v) is 8.54. The Labute approximate surface area is 240 Å². The zero-order valence-electron chi connectivity index (χ0n) is 25.0. The number of methoxy groups -OCH3 is 1. The lowest BCUT2D eigenvalue weighted by molar-refractivity contribution is -0.135. The van der Waals surface area contributed by atoms with E-state index in [9.17, 15) is 0 Å². The highest BCUT2D eigenvalue weighted by Crippen LogP contribution is 2.50.